The molecular formula is C23H36F3N3O3S. The van der Waals surface area contributed by atoms with Crippen molar-refractivity contribution in [1.82, 2.24) is 9.21 Å². The van der Waals surface area contributed by atoms with E-state index in [2.05, 4.69) is 23.2 Å². The van der Waals surface area contributed by atoms with Crippen LogP contribution < -0.4 is 4.72 Å². The fraction of sp³-hybridized carbons (Fsp3) is 0.652. The van der Waals surface area contributed by atoms with Crippen LogP contribution in [0.25, 0.3) is 0 Å². The van der Waals surface area contributed by atoms with Gasteiger partial charge in [0.05, 0.1) is 11.7 Å². The third-order valence-corrected chi connectivity index (χ3v) is 7.52. The fourth-order valence-electron chi connectivity index (χ4n) is 3.94. The monoisotopic (exact) mass is 491 g/mol. The van der Waals surface area contributed by atoms with Gasteiger partial charge in [-0.1, -0.05) is 6.08 Å². The normalized spacial score (nSPS) is 19.7. The predicted octanol–water partition coefficient (Wildman–Crippen LogP) is 4.91. The first-order chi connectivity index (χ1) is 15.5. The van der Waals surface area contributed by atoms with Crippen LogP contribution in [0.1, 0.15) is 50.5 Å². The molecule has 6 nitrogen and oxygen atoms in total. The van der Waals surface area contributed by atoms with E-state index in [9.17, 15) is 21.6 Å². The van der Waals surface area contributed by atoms with Crippen molar-refractivity contribution in [3.05, 3.63) is 42.5 Å². The van der Waals surface area contributed by atoms with Crippen LogP contribution in [-0.4, -0.2) is 63.6 Å². The van der Waals surface area contributed by atoms with Crippen molar-refractivity contribution in [2.45, 2.75) is 63.3 Å². The molecule has 0 radical (unpaired) electrons. The van der Waals surface area contributed by atoms with Crippen molar-refractivity contribution in [2.24, 2.45) is 0 Å². The summed E-state index contributed by atoms with van der Waals surface area (Å²) in [5.41, 5.74) is -0.722. The zero-order chi connectivity index (χ0) is 24.5. The second-order valence-corrected chi connectivity index (χ2v) is 10.3. The summed E-state index contributed by atoms with van der Waals surface area (Å²) < 4.78 is 73.0. The van der Waals surface area contributed by atoms with Crippen molar-refractivity contribution in [3.63, 3.8) is 0 Å². The molecule has 0 unspecified atom stereocenters. The van der Waals surface area contributed by atoms with Gasteiger partial charge >= 0.3 is 16.4 Å². The fourth-order valence-corrected chi connectivity index (χ4v) is 5.12. The highest BCUT2D eigenvalue weighted by Crippen LogP contribution is 2.31. The molecule has 1 aromatic carbocycles. The SMILES string of the molecule is C=CCN(C)CCCCCO[C@H]1CC[C@H](N(C)S(=O)(=O)Nc2ccc(C(F)(F)F)cc2)CC1. The predicted molar refractivity (Wildman–Crippen MR) is 125 cm³/mol. The van der Waals surface area contributed by atoms with E-state index in [-0.39, 0.29) is 17.8 Å². The maximum Gasteiger partial charge on any atom is 0.416 e. The first kappa shape index (κ1) is 27.6. The summed E-state index contributed by atoms with van der Waals surface area (Å²) in [6.07, 6.45) is 3.74. The molecule has 0 atom stereocenters. The van der Waals surface area contributed by atoms with E-state index in [0.717, 1.165) is 69.5 Å². The van der Waals surface area contributed by atoms with E-state index >= 15 is 0 Å². The first-order valence-corrected chi connectivity index (χ1v) is 12.8. The molecule has 0 heterocycles. The molecule has 33 heavy (non-hydrogen) atoms. The molecule has 10 heteroatoms. The minimum absolute atomic E-state index is 0.0996. The zero-order valence-corrected chi connectivity index (χ0v) is 20.3. The summed E-state index contributed by atoms with van der Waals surface area (Å²) >= 11 is 0. The molecule has 1 saturated carbocycles. The summed E-state index contributed by atoms with van der Waals surface area (Å²) in [5.74, 6) is 0. The maximum absolute atomic E-state index is 12.7. The van der Waals surface area contributed by atoms with Gasteiger partial charge in [-0.25, -0.2) is 0 Å². The largest absolute Gasteiger partial charge is 0.416 e. The van der Waals surface area contributed by atoms with Gasteiger partial charge in [-0.2, -0.15) is 25.9 Å². The Morgan fingerprint density at radius 2 is 1.73 bits per heavy atom. The number of alkyl halides is 3. The van der Waals surface area contributed by atoms with Crippen LogP contribution in [0.4, 0.5) is 18.9 Å². The van der Waals surface area contributed by atoms with Crippen molar-refractivity contribution in [3.8, 4) is 0 Å². The number of unbranched alkanes of at least 4 members (excludes halogenated alkanes) is 2. The standard InChI is InChI=1S/C23H36F3N3O3S/c1-4-16-28(2)17-6-5-7-18-32-22-14-12-21(13-15-22)29(3)33(30,31)27-20-10-8-19(9-11-20)23(24,25)26/h4,8-11,21-22,27H,1,5-7,12-18H2,2-3H3/t21-,22-. The molecule has 0 aromatic heterocycles. The number of rotatable bonds is 13. The lowest BCUT2D eigenvalue weighted by Crippen LogP contribution is -2.43. The average molecular weight is 492 g/mol. The van der Waals surface area contributed by atoms with E-state index in [0.29, 0.717) is 19.4 Å². The number of likely N-dealkylation sites (N-methyl/N-ethyl adjacent to an activating group) is 1. The third-order valence-electron chi connectivity index (χ3n) is 5.97. The van der Waals surface area contributed by atoms with Crippen LogP contribution in [0.5, 0.6) is 0 Å². The van der Waals surface area contributed by atoms with E-state index in [1.807, 2.05) is 6.08 Å². The molecular weight excluding hydrogens is 455 g/mol. The molecule has 1 fully saturated rings. The Morgan fingerprint density at radius 3 is 2.30 bits per heavy atom. The molecule has 0 bridgehead atoms. The quantitative estimate of drug-likeness (QED) is 0.315. The molecule has 2 rings (SSSR count). The summed E-state index contributed by atoms with van der Waals surface area (Å²) in [5, 5.41) is 0. The van der Waals surface area contributed by atoms with Gasteiger partial charge in [-0.15, -0.1) is 6.58 Å². The second kappa shape index (κ2) is 12.7. The van der Waals surface area contributed by atoms with Gasteiger partial charge in [0.25, 0.3) is 0 Å². The molecule has 0 amide bonds. The lowest BCUT2D eigenvalue weighted by molar-refractivity contribution is -0.137. The smallest absolute Gasteiger partial charge is 0.378 e. The molecule has 0 saturated heterocycles. The lowest BCUT2D eigenvalue weighted by atomic mass is 9.93. The second-order valence-electron chi connectivity index (χ2n) is 8.61. The number of nitrogens with one attached hydrogen (secondary N) is 1. The molecule has 0 aliphatic heterocycles. The molecule has 0 spiro atoms. The maximum atomic E-state index is 12.7. The highest BCUT2D eigenvalue weighted by molar-refractivity contribution is 7.90. The number of ether oxygens (including phenoxy) is 1. The van der Waals surface area contributed by atoms with E-state index < -0.39 is 21.9 Å². The van der Waals surface area contributed by atoms with Gasteiger partial charge < -0.3 is 9.64 Å². The van der Waals surface area contributed by atoms with Crippen molar-refractivity contribution < 1.29 is 26.3 Å². The number of nitrogens with zero attached hydrogens (tertiary/aromatic N) is 2. The highest BCUT2D eigenvalue weighted by atomic mass is 32.2. The number of benzene rings is 1. The Balaban J connectivity index is 1.71. The van der Waals surface area contributed by atoms with Gasteiger partial charge in [0.15, 0.2) is 0 Å². The Labute approximate surface area is 196 Å². The summed E-state index contributed by atoms with van der Waals surface area (Å²) in [7, 11) is -0.288. The number of hydrogen-bond donors (Lipinski definition) is 1. The van der Waals surface area contributed by atoms with Gasteiger partial charge in [-0.3, -0.25) is 4.72 Å². The molecule has 1 N–H and O–H groups in total. The number of halogens is 3. The van der Waals surface area contributed by atoms with Gasteiger partial charge in [0, 0.05) is 31.9 Å². The van der Waals surface area contributed by atoms with Gasteiger partial charge in [0.2, 0.25) is 0 Å². The molecule has 1 aliphatic carbocycles. The summed E-state index contributed by atoms with van der Waals surface area (Å²) in [6, 6.07) is 3.80. The van der Waals surface area contributed by atoms with E-state index in [1.54, 1.807) is 0 Å². The number of anilines is 1. The third kappa shape index (κ3) is 9.27. The minimum atomic E-state index is -4.46. The zero-order valence-electron chi connectivity index (χ0n) is 19.5. The van der Waals surface area contributed by atoms with E-state index in [4.69, 9.17) is 4.74 Å². The van der Waals surface area contributed by atoms with Crippen LogP contribution >= 0.6 is 0 Å². The topological polar surface area (TPSA) is 61.9 Å². The molecule has 188 valence electrons. The number of hydrogen-bond acceptors (Lipinski definition) is 4. The Hall–Kier alpha value is -1.62. The van der Waals surface area contributed by atoms with Gasteiger partial charge in [-0.05, 0) is 82.8 Å². The Kier molecular flexibility index (Phi) is 10.7. The molecule has 1 aliphatic rings. The van der Waals surface area contributed by atoms with Crippen LogP contribution in [0.15, 0.2) is 36.9 Å². The highest BCUT2D eigenvalue weighted by Gasteiger charge is 2.32. The summed E-state index contributed by atoms with van der Waals surface area (Å²) in [4.78, 5) is 2.23. The van der Waals surface area contributed by atoms with Crippen molar-refractivity contribution >= 4 is 15.9 Å². The minimum Gasteiger partial charge on any atom is -0.378 e. The Morgan fingerprint density at radius 1 is 1.09 bits per heavy atom. The Bertz CT molecular complexity index is 824. The van der Waals surface area contributed by atoms with Gasteiger partial charge in [0.1, 0.15) is 0 Å². The summed E-state index contributed by atoms with van der Waals surface area (Å²) in [6.45, 7) is 6.38. The van der Waals surface area contributed by atoms with Crippen LogP contribution in [-0.2, 0) is 21.1 Å². The van der Waals surface area contributed by atoms with Crippen LogP contribution in [0.3, 0.4) is 0 Å². The first-order valence-electron chi connectivity index (χ1n) is 11.4. The van der Waals surface area contributed by atoms with E-state index in [1.165, 1.54) is 11.4 Å². The van der Waals surface area contributed by atoms with Crippen LogP contribution in [0.2, 0.25) is 0 Å². The molecule has 1 aromatic rings. The van der Waals surface area contributed by atoms with Crippen molar-refractivity contribution in [1.29, 1.82) is 0 Å². The van der Waals surface area contributed by atoms with Crippen molar-refractivity contribution in [2.75, 3.05) is 38.5 Å². The lowest BCUT2D eigenvalue weighted by Gasteiger charge is -2.34. The average Bonchev–Trinajstić information content (AvgIpc) is 2.75. The van der Waals surface area contributed by atoms with Crippen LogP contribution in [0, 0.1) is 0 Å².